The first-order valence-corrected chi connectivity index (χ1v) is 11.1. The molecule has 2 N–H and O–H groups in total. The molecular formula is C23H38N4O. The molecule has 0 radical (unpaired) electrons. The summed E-state index contributed by atoms with van der Waals surface area (Å²) in [5, 5.41) is 6.96. The number of hydrogen-bond acceptors (Lipinski definition) is 3. The lowest BCUT2D eigenvalue weighted by Gasteiger charge is -2.35. The van der Waals surface area contributed by atoms with Crippen molar-refractivity contribution in [2.24, 2.45) is 16.8 Å². The first-order valence-electron chi connectivity index (χ1n) is 11.1. The monoisotopic (exact) mass is 386 g/mol. The Labute approximate surface area is 170 Å². The summed E-state index contributed by atoms with van der Waals surface area (Å²) in [6.45, 7) is 12.5. The standard InChI is InChI=1S/C23H38N4O/c1-4-24-23(25-14-20-8-7-13-27(16-20)18(2)3)26-15-21-9-5-6-10-22(21)28-17-19-11-12-19/h5-6,9-10,18-20H,4,7-8,11-17H2,1-3H3,(H2,24,25,26). The molecule has 1 aromatic carbocycles. The maximum absolute atomic E-state index is 6.03. The number of aliphatic imine (C=N–C) groups is 1. The molecule has 2 fully saturated rings. The Morgan fingerprint density at radius 2 is 2.00 bits per heavy atom. The number of piperidine rings is 1. The van der Waals surface area contributed by atoms with Gasteiger partial charge >= 0.3 is 0 Å². The van der Waals surface area contributed by atoms with E-state index in [0.717, 1.165) is 42.9 Å². The van der Waals surface area contributed by atoms with Gasteiger partial charge in [0.2, 0.25) is 0 Å². The van der Waals surface area contributed by atoms with Crippen LogP contribution >= 0.6 is 0 Å². The zero-order chi connectivity index (χ0) is 19.8. The van der Waals surface area contributed by atoms with Crippen molar-refractivity contribution in [3.05, 3.63) is 29.8 Å². The Balaban J connectivity index is 1.53. The molecule has 5 nitrogen and oxygen atoms in total. The molecule has 5 heteroatoms. The van der Waals surface area contributed by atoms with E-state index in [1.807, 2.05) is 6.07 Å². The minimum atomic E-state index is 0.636. The molecule has 1 atom stereocenters. The first-order chi connectivity index (χ1) is 13.7. The summed E-state index contributed by atoms with van der Waals surface area (Å²) < 4.78 is 6.03. The second-order valence-corrected chi connectivity index (χ2v) is 8.54. The third-order valence-corrected chi connectivity index (χ3v) is 5.73. The van der Waals surface area contributed by atoms with Gasteiger partial charge in [-0.15, -0.1) is 0 Å². The van der Waals surface area contributed by atoms with Crippen LogP contribution in [0.4, 0.5) is 0 Å². The van der Waals surface area contributed by atoms with Gasteiger partial charge in [-0.05, 0) is 70.9 Å². The van der Waals surface area contributed by atoms with Gasteiger partial charge in [-0.2, -0.15) is 0 Å². The number of guanidine groups is 1. The van der Waals surface area contributed by atoms with Gasteiger partial charge in [0.1, 0.15) is 5.75 Å². The number of likely N-dealkylation sites (tertiary alicyclic amines) is 1. The molecule has 1 unspecified atom stereocenters. The summed E-state index contributed by atoms with van der Waals surface area (Å²) in [5.41, 5.74) is 1.16. The molecule has 1 aromatic rings. The third-order valence-electron chi connectivity index (χ3n) is 5.73. The number of benzene rings is 1. The average molecular weight is 387 g/mol. The molecule has 0 bridgehead atoms. The van der Waals surface area contributed by atoms with E-state index in [2.05, 4.69) is 54.5 Å². The fourth-order valence-corrected chi connectivity index (χ4v) is 3.75. The zero-order valence-corrected chi connectivity index (χ0v) is 17.9. The average Bonchev–Trinajstić information content (AvgIpc) is 3.54. The maximum Gasteiger partial charge on any atom is 0.191 e. The van der Waals surface area contributed by atoms with Gasteiger partial charge in [-0.3, -0.25) is 0 Å². The number of ether oxygens (including phenoxy) is 1. The fourth-order valence-electron chi connectivity index (χ4n) is 3.75. The van der Waals surface area contributed by atoms with Crippen LogP contribution in [0.5, 0.6) is 5.75 Å². The van der Waals surface area contributed by atoms with Crippen LogP contribution in [0.1, 0.15) is 52.0 Å². The van der Waals surface area contributed by atoms with Gasteiger partial charge < -0.3 is 20.3 Å². The molecule has 0 aromatic heterocycles. The van der Waals surface area contributed by atoms with Crippen LogP contribution in [0, 0.1) is 11.8 Å². The van der Waals surface area contributed by atoms with Gasteiger partial charge in [0, 0.05) is 31.2 Å². The van der Waals surface area contributed by atoms with Gasteiger partial charge in [-0.1, -0.05) is 18.2 Å². The highest BCUT2D eigenvalue weighted by Gasteiger charge is 2.23. The minimum absolute atomic E-state index is 0.636. The Morgan fingerprint density at radius 3 is 2.75 bits per heavy atom. The summed E-state index contributed by atoms with van der Waals surface area (Å²) >= 11 is 0. The van der Waals surface area contributed by atoms with Crippen molar-refractivity contribution in [2.75, 3.05) is 32.8 Å². The number of nitrogens with zero attached hydrogens (tertiary/aromatic N) is 2. The number of para-hydroxylation sites is 1. The smallest absolute Gasteiger partial charge is 0.191 e. The number of rotatable bonds is 9. The third kappa shape index (κ3) is 6.69. The van der Waals surface area contributed by atoms with E-state index in [4.69, 9.17) is 9.73 Å². The van der Waals surface area contributed by atoms with E-state index in [9.17, 15) is 0 Å². The fraction of sp³-hybridized carbons (Fsp3) is 0.696. The van der Waals surface area contributed by atoms with Crippen LogP contribution in [-0.2, 0) is 6.54 Å². The number of hydrogen-bond donors (Lipinski definition) is 2. The van der Waals surface area contributed by atoms with Crippen LogP contribution in [0.25, 0.3) is 0 Å². The molecule has 156 valence electrons. The van der Waals surface area contributed by atoms with Crippen molar-refractivity contribution in [2.45, 2.75) is 59.0 Å². The van der Waals surface area contributed by atoms with Gasteiger partial charge in [0.05, 0.1) is 13.2 Å². The molecule has 1 aliphatic heterocycles. The van der Waals surface area contributed by atoms with Crippen LogP contribution < -0.4 is 15.4 Å². The highest BCUT2D eigenvalue weighted by molar-refractivity contribution is 5.79. The Bertz CT molecular complexity index is 627. The van der Waals surface area contributed by atoms with E-state index < -0.39 is 0 Å². The first kappa shape index (κ1) is 21.0. The van der Waals surface area contributed by atoms with Crippen LogP contribution in [-0.4, -0.2) is 49.7 Å². The molecule has 2 aliphatic rings. The lowest BCUT2D eigenvalue weighted by molar-refractivity contribution is 0.141. The summed E-state index contributed by atoms with van der Waals surface area (Å²) in [7, 11) is 0. The van der Waals surface area contributed by atoms with Crippen molar-refractivity contribution < 1.29 is 4.74 Å². The van der Waals surface area contributed by atoms with Crippen LogP contribution in [0.15, 0.2) is 29.3 Å². The highest BCUT2D eigenvalue weighted by atomic mass is 16.5. The lowest BCUT2D eigenvalue weighted by atomic mass is 9.97. The predicted octanol–water partition coefficient (Wildman–Crippen LogP) is 3.65. The van der Waals surface area contributed by atoms with Crippen molar-refractivity contribution in [1.82, 2.24) is 15.5 Å². The van der Waals surface area contributed by atoms with Gasteiger partial charge in [0.25, 0.3) is 0 Å². The summed E-state index contributed by atoms with van der Waals surface area (Å²) in [6, 6.07) is 8.93. The van der Waals surface area contributed by atoms with Crippen molar-refractivity contribution in [1.29, 1.82) is 0 Å². The summed E-state index contributed by atoms with van der Waals surface area (Å²) in [4.78, 5) is 7.42. The molecule has 28 heavy (non-hydrogen) atoms. The Kier molecular flexibility index (Phi) is 8.01. The Morgan fingerprint density at radius 1 is 1.18 bits per heavy atom. The molecule has 1 saturated heterocycles. The second kappa shape index (κ2) is 10.7. The van der Waals surface area contributed by atoms with E-state index in [-0.39, 0.29) is 0 Å². The van der Waals surface area contributed by atoms with E-state index in [1.54, 1.807) is 0 Å². The summed E-state index contributed by atoms with van der Waals surface area (Å²) in [5.74, 6) is 3.33. The quantitative estimate of drug-likeness (QED) is 0.502. The van der Waals surface area contributed by atoms with Crippen molar-refractivity contribution in [3.63, 3.8) is 0 Å². The molecule has 0 amide bonds. The van der Waals surface area contributed by atoms with Crippen LogP contribution in [0.2, 0.25) is 0 Å². The lowest BCUT2D eigenvalue weighted by Crippen LogP contribution is -2.46. The molecule has 1 heterocycles. The summed E-state index contributed by atoms with van der Waals surface area (Å²) in [6.07, 6.45) is 5.21. The molecule has 1 saturated carbocycles. The van der Waals surface area contributed by atoms with E-state index in [0.29, 0.717) is 18.5 Å². The van der Waals surface area contributed by atoms with E-state index >= 15 is 0 Å². The van der Waals surface area contributed by atoms with Crippen molar-refractivity contribution >= 4 is 5.96 Å². The second-order valence-electron chi connectivity index (χ2n) is 8.54. The normalized spacial score (nSPS) is 21.0. The van der Waals surface area contributed by atoms with E-state index in [1.165, 1.54) is 38.8 Å². The molecule has 1 aliphatic carbocycles. The maximum atomic E-state index is 6.03. The Hall–Kier alpha value is -1.75. The molecular weight excluding hydrogens is 348 g/mol. The topological polar surface area (TPSA) is 48.9 Å². The van der Waals surface area contributed by atoms with Crippen LogP contribution in [0.3, 0.4) is 0 Å². The predicted molar refractivity (Wildman–Crippen MR) is 117 cm³/mol. The minimum Gasteiger partial charge on any atom is -0.493 e. The SMILES string of the molecule is CCNC(=NCc1ccccc1OCC1CC1)NCC1CCCN(C(C)C)C1. The number of nitrogens with one attached hydrogen (secondary N) is 2. The van der Waals surface area contributed by atoms with Gasteiger partial charge in [0.15, 0.2) is 5.96 Å². The largest absolute Gasteiger partial charge is 0.493 e. The highest BCUT2D eigenvalue weighted by Crippen LogP contribution is 2.30. The van der Waals surface area contributed by atoms with Crippen molar-refractivity contribution in [3.8, 4) is 5.75 Å². The molecule has 3 rings (SSSR count). The molecule has 0 spiro atoms. The zero-order valence-electron chi connectivity index (χ0n) is 17.9. The van der Waals surface area contributed by atoms with Gasteiger partial charge in [-0.25, -0.2) is 4.99 Å².